The summed E-state index contributed by atoms with van der Waals surface area (Å²) < 4.78 is 66.3. The number of unbranched alkanes of at least 4 members (excludes halogenated alkanes) is 6. The zero-order valence-electron chi connectivity index (χ0n) is 25.8. The number of carbonyl (C=O) groups is 3. The fourth-order valence-electron chi connectivity index (χ4n) is 4.67. The molecule has 1 aliphatic rings. The maximum atomic E-state index is 13.0. The second-order valence-electron chi connectivity index (χ2n) is 10.6. The minimum atomic E-state index is -5.80. The van der Waals surface area contributed by atoms with Crippen LogP contribution in [-0.2, 0) is 55.9 Å². The van der Waals surface area contributed by atoms with E-state index >= 15 is 0 Å². The smallest absolute Gasteiger partial charge is 0.455 e. The first kappa shape index (κ1) is 44.6. The summed E-state index contributed by atoms with van der Waals surface area (Å²) in [5, 5.41) is 27.0. The summed E-state index contributed by atoms with van der Waals surface area (Å²) in [7, 11) is -17.4. The summed E-state index contributed by atoms with van der Waals surface area (Å²) >= 11 is 0. The number of ether oxygens (including phenoxy) is 3. The molecule has 282 valence electrons. The second kappa shape index (κ2) is 21.8. The molecule has 9 N–H and O–H groups in total. The van der Waals surface area contributed by atoms with Gasteiger partial charge in [0.25, 0.3) is 0 Å². The van der Waals surface area contributed by atoms with Crippen molar-refractivity contribution < 1.29 is 101 Å². The zero-order chi connectivity index (χ0) is 36.5. The van der Waals surface area contributed by atoms with Gasteiger partial charge in [0.1, 0.15) is 18.3 Å². The predicted octanol–water partition coefficient (Wildman–Crippen LogP) is -0.173. The van der Waals surface area contributed by atoms with Crippen molar-refractivity contribution >= 4 is 41.4 Å². The number of aliphatic hydroxyl groups excluding tert-OH is 3. The van der Waals surface area contributed by atoms with E-state index in [-0.39, 0.29) is 51.9 Å². The molecule has 0 bridgehead atoms. The summed E-state index contributed by atoms with van der Waals surface area (Å²) in [4.78, 5) is 96.9. The van der Waals surface area contributed by atoms with Gasteiger partial charge in [-0.3, -0.25) is 28.0 Å². The van der Waals surface area contributed by atoms with E-state index in [1.165, 1.54) is 0 Å². The number of aliphatic hydroxyl groups is 3. The first-order valence-corrected chi connectivity index (χ1v) is 19.5. The molecule has 0 aromatic heterocycles. The molecule has 6 atom stereocenters. The third-order valence-corrected chi connectivity index (χ3v) is 8.19. The van der Waals surface area contributed by atoms with Crippen LogP contribution in [0.3, 0.4) is 0 Å². The number of phosphoric acid groups is 3. The topological polar surface area (TPSA) is 340 Å². The first-order chi connectivity index (χ1) is 22.3. The van der Waals surface area contributed by atoms with Crippen molar-refractivity contribution in [2.75, 3.05) is 19.8 Å². The lowest BCUT2D eigenvalue weighted by atomic mass is 9.84. The monoisotopic (exact) mass is 762 g/mol. The Balaban J connectivity index is 3.83. The van der Waals surface area contributed by atoms with E-state index in [9.17, 15) is 57.4 Å². The predicted molar refractivity (Wildman–Crippen MR) is 157 cm³/mol. The highest BCUT2D eigenvalue weighted by Gasteiger charge is 2.62. The average Bonchev–Trinajstić information content (AvgIpc) is 2.95. The molecule has 24 heteroatoms. The number of hydrogen-bond donors (Lipinski definition) is 9. The SMILES string of the molecule is O=C(CCCCCO)O[C@@H]1[C@@H](OC(=O)CCCCCO)[C@H](OP(=O)(O)O)[C@@H](OP(=O)(O)O)[C@@H](OP(=O)(O)O)[C@H]1OC(=O)CCCCCO. The molecule has 0 spiro atoms. The maximum Gasteiger partial charge on any atom is 0.470 e. The van der Waals surface area contributed by atoms with Gasteiger partial charge in [-0.1, -0.05) is 19.3 Å². The third-order valence-electron chi connectivity index (χ3n) is 6.64. The summed E-state index contributed by atoms with van der Waals surface area (Å²) in [6.45, 7) is -0.614. The summed E-state index contributed by atoms with van der Waals surface area (Å²) in [6, 6.07) is 0. The van der Waals surface area contributed by atoms with Crippen molar-refractivity contribution in [2.24, 2.45) is 0 Å². The third kappa shape index (κ3) is 18.6. The molecule has 0 aromatic carbocycles. The molecule has 48 heavy (non-hydrogen) atoms. The van der Waals surface area contributed by atoms with E-state index in [1.54, 1.807) is 0 Å². The van der Waals surface area contributed by atoms with Gasteiger partial charge in [-0.15, -0.1) is 0 Å². The van der Waals surface area contributed by atoms with E-state index in [0.29, 0.717) is 25.7 Å². The van der Waals surface area contributed by atoms with Gasteiger partial charge in [-0.25, -0.2) is 13.7 Å². The van der Waals surface area contributed by atoms with Gasteiger partial charge in [0.05, 0.1) is 0 Å². The number of phosphoric ester groups is 3. The van der Waals surface area contributed by atoms with Crippen molar-refractivity contribution in [1.29, 1.82) is 0 Å². The van der Waals surface area contributed by atoms with Crippen LogP contribution in [0.4, 0.5) is 0 Å². The van der Waals surface area contributed by atoms with Crippen molar-refractivity contribution in [3.63, 3.8) is 0 Å². The Hall–Kier alpha value is -1.38. The second-order valence-corrected chi connectivity index (χ2v) is 14.2. The van der Waals surface area contributed by atoms with Crippen LogP contribution in [0, 0.1) is 0 Å². The fraction of sp³-hybridized carbons (Fsp3) is 0.875. The lowest BCUT2D eigenvalue weighted by Crippen LogP contribution is -2.67. The minimum absolute atomic E-state index is 0.101. The zero-order valence-corrected chi connectivity index (χ0v) is 28.5. The van der Waals surface area contributed by atoms with Gasteiger partial charge in [0, 0.05) is 39.1 Å². The molecule has 21 nitrogen and oxygen atoms in total. The summed E-state index contributed by atoms with van der Waals surface area (Å²) in [5.74, 6) is -3.43. The number of carbonyl (C=O) groups excluding carboxylic acids is 3. The molecule has 0 aliphatic heterocycles. The van der Waals surface area contributed by atoms with Crippen LogP contribution >= 0.6 is 23.5 Å². The molecule has 0 radical (unpaired) electrons. The van der Waals surface area contributed by atoms with E-state index in [1.807, 2.05) is 0 Å². The fourth-order valence-corrected chi connectivity index (χ4v) is 6.34. The van der Waals surface area contributed by atoms with Crippen LogP contribution in [0.2, 0.25) is 0 Å². The van der Waals surface area contributed by atoms with Crippen LogP contribution in [0.1, 0.15) is 77.0 Å². The van der Waals surface area contributed by atoms with E-state index < -0.39 is 97.3 Å². The Morgan fingerprint density at radius 3 is 0.854 bits per heavy atom. The molecular formula is C24H45O21P3. The highest BCUT2D eigenvalue weighted by molar-refractivity contribution is 7.47. The van der Waals surface area contributed by atoms with Crippen LogP contribution in [0.25, 0.3) is 0 Å². The Morgan fingerprint density at radius 2 is 0.625 bits per heavy atom. The van der Waals surface area contributed by atoms with E-state index in [2.05, 4.69) is 13.6 Å². The molecule has 0 aromatic rings. The first-order valence-electron chi connectivity index (χ1n) is 14.9. The largest absolute Gasteiger partial charge is 0.470 e. The highest BCUT2D eigenvalue weighted by atomic mass is 31.2. The van der Waals surface area contributed by atoms with Gasteiger partial charge in [-0.05, 0) is 38.5 Å². The summed E-state index contributed by atoms with van der Waals surface area (Å²) in [6.07, 6.45) is -13.8. The van der Waals surface area contributed by atoms with Gasteiger partial charge in [-0.2, -0.15) is 0 Å². The van der Waals surface area contributed by atoms with Gasteiger partial charge in [0.2, 0.25) is 0 Å². The lowest BCUT2D eigenvalue weighted by Gasteiger charge is -2.47. The normalized spacial score (nSPS) is 23.4. The number of esters is 3. The van der Waals surface area contributed by atoms with Crippen molar-refractivity contribution in [1.82, 2.24) is 0 Å². The van der Waals surface area contributed by atoms with Crippen molar-refractivity contribution in [3.05, 3.63) is 0 Å². The Bertz CT molecular complexity index is 1070. The molecule has 0 amide bonds. The molecule has 0 unspecified atom stereocenters. The highest BCUT2D eigenvalue weighted by Crippen LogP contribution is 2.51. The van der Waals surface area contributed by atoms with Crippen LogP contribution in [0.5, 0.6) is 0 Å². The Morgan fingerprint density at radius 1 is 0.396 bits per heavy atom. The standard InChI is InChI=1S/C24H45O21P3/c25-13-7-1-4-10-16(28)40-19-20(41-17(29)11-5-2-8-14-26)22(43-46(31,32)33)24(45-48(37,38)39)23(44-47(34,35)36)21(19)42-18(30)12-6-3-9-15-27/h19-27H,1-15H2,(H2,31,32,33)(H2,34,35,36)(H2,37,38,39)/t19-,20-,21+,22-,23-,24-/m0/s1. The summed E-state index contributed by atoms with van der Waals surface area (Å²) in [5.41, 5.74) is 0. The van der Waals surface area contributed by atoms with Gasteiger partial charge in [0.15, 0.2) is 18.3 Å². The van der Waals surface area contributed by atoms with Gasteiger partial charge < -0.3 is 58.9 Å². The minimum Gasteiger partial charge on any atom is -0.455 e. The molecule has 0 saturated heterocycles. The van der Waals surface area contributed by atoms with Crippen LogP contribution in [0.15, 0.2) is 0 Å². The molecular weight excluding hydrogens is 717 g/mol. The Kier molecular flexibility index (Phi) is 20.2. The van der Waals surface area contributed by atoms with Gasteiger partial charge >= 0.3 is 41.4 Å². The number of rotatable bonds is 24. The molecule has 1 rings (SSSR count). The van der Waals surface area contributed by atoms with E-state index in [4.69, 9.17) is 29.5 Å². The average molecular weight is 763 g/mol. The van der Waals surface area contributed by atoms with Crippen LogP contribution < -0.4 is 0 Å². The van der Waals surface area contributed by atoms with E-state index in [0.717, 1.165) is 0 Å². The molecule has 1 aliphatic carbocycles. The van der Waals surface area contributed by atoms with Crippen molar-refractivity contribution in [2.45, 2.75) is 114 Å². The molecule has 0 heterocycles. The van der Waals surface area contributed by atoms with Crippen LogP contribution in [-0.4, -0.2) is 119 Å². The maximum absolute atomic E-state index is 13.0. The quantitative estimate of drug-likeness (QED) is 0.0267. The molecule has 1 fully saturated rings. The lowest BCUT2D eigenvalue weighted by molar-refractivity contribution is -0.241. The van der Waals surface area contributed by atoms with Crippen molar-refractivity contribution in [3.8, 4) is 0 Å². The molecule has 1 saturated carbocycles. The number of hydrogen-bond acceptors (Lipinski definition) is 15. The Labute approximate surface area is 275 Å².